The Balaban J connectivity index is 1.74. The van der Waals surface area contributed by atoms with Crippen LogP contribution in [0.5, 0.6) is 0 Å². The summed E-state index contributed by atoms with van der Waals surface area (Å²) in [5.41, 5.74) is 0. The molecular weight excluding hydrogens is 210 g/mol. The number of likely N-dealkylation sites (tertiary alicyclic amines) is 1. The van der Waals surface area contributed by atoms with Gasteiger partial charge < -0.3 is 5.32 Å². The smallest absolute Gasteiger partial charge is 0.250 e. The Kier molecular flexibility index (Phi) is 4.14. The van der Waals surface area contributed by atoms with Crippen LogP contribution in [0.2, 0.25) is 0 Å². The highest BCUT2D eigenvalue weighted by atomic mass is 19.3. The van der Waals surface area contributed by atoms with Crippen LogP contribution in [-0.2, 0) is 0 Å². The normalized spacial score (nSPS) is 29.6. The van der Waals surface area contributed by atoms with E-state index in [1.807, 2.05) is 0 Å². The highest BCUT2D eigenvalue weighted by Gasteiger charge is 2.34. The Morgan fingerprint density at radius 1 is 1.31 bits per heavy atom. The summed E-state index contributed by atoms with van der Waals surface area (Å²) in [4.78, 5) is 2.48. The van der Waals surface area contributed by atoms with Gasteiger partial charge in [0.05, 0.1) is 6.54 Å². The van der Waals surface area contributed by atoms with Crippen molar-refractivity contribution in [1.29, 1.82) is 0 Å². The highest BCUT2D eigenvalue weighted by molar-refractivity contribution is 4.89. The van der Waals surface area contributed by atoms with Crippen LogP contribution < -0.4 is 5.32 Å². The number of halogens is 2. The van der Waals surface area contributed by atoms with Gasteiger partial charge >= 0.3 is 0 Å². The van der Waals surface area contributed by atoms with Crippen molar-refractivity contribution in [2.24, 2.45) is 5.92 Å². The number of alkyl halides is 2. The molecule has 1 aliphatic carbocycles. The zero-order valence-corrected chi connectivity index (χ0v) is 9.96. The second kappa shape index (κ2) is 5.41. The van der Waals surface area contributed by atoms with Crippen LogP contribution in [0.15, 0.2) is 0 Å². The largest absolute Gasteiger partial charge is 0.307 e. The van der Waals surface area contributed by atoms with Crippen molar-refractivity contribution in [2.45, 2.75) is 51.1 Å². The van der Waals surface area contributed by atoms with Crippen LogP contribution in [0.25, 0.3) is 0 Å². The van der Waals surface area contributed by atoms with E-state index in [0.717, 1.165) is 31.8 Å². The van der Waals surface area contributed by atoms with E-state index in [9.17, 15) is 8.78 Å². The van der Waals surface area contributed by atoms with E-state index < -0.39 is 6.43 Å². The molecule has 1 heterocycles. The molecule has 1 aliphatic heterocycles. The van der Waals surface area contributed by atoms with Crippen molar-refractivity contribution in [3.63, 3.8) is 0 Å². The van der Waals surface area contributed by atoms with Crippen molar-refractivity contribution in [1.82, 2.24) is 10.2 Å². The SMILES string of the molecule is CC(C1CC1)N1CCCC(NCC(F)F)C1. The lowest BCUT2D eigenvalue weighted by Crippen LogP contribution is -2.50. The van der Waals surface area contributed by atoms with E-state index in [-0.39, 0.29) is 12.6 Å². The quantitative estimate of drug-likeness (QED) is 0.781. The lowest BCUT2D eigenvalue weighted by Gasteiger charge is -2.37. The summed E-state index contributed by atoms with van der Waals surface area (Å²) < 4.78 is 24.2. The number of piperidine rings is 1. The third-order valence-electron chi connectivity index (χ3n) is 3.89. The van der Waals surface area contributed by atoms with Gasteiger partial charge in [-0.25, -0.2) is 8.78 Å². The zero-order valence-electron chi connectivity index (χ0n) is 9.96. The van der Waals surface area contributed by atoms with Gasteiger partial charge in [0.25, 0.3) is 6.43 Å². The number of nitrogens with zero attached hydrogens (tertiary/aromatic N) is 1. The molecule has 1 saturated carbocycles. The van der Waals surface area contributed by atoms with Crippen LogP contribution in [0.1, 0.15) is 32.6 Å². The molecule has 16 heavy (non-hydrogen) atoms. The predicted octanol–water partition coefficient (Wildman–Crippen LogP) is 2.10. The third-order valence-corrected chi connectivity index (χ3v) is 3.89. The predicted molar refractivity (Wildman–Crippen MR) is 60.8 cm³/mol. The Bertz CT molecular complexity index is 219. The second-order valence-electron chi connectivity index (χ2n) is 5.21. The van der Waals surface area contributed by atoms with Crippen molar-refractivity contribution in [3.05, 3.63) is 0 Å². The summed E-state index contributed by atoms with van der Waals surface area (Å²) in [6, 6.07) is 0.917. The molecule has 0 spiro atoms. The maximum absolute atomic E-state index is 12.1. The molecule has 1 N–H and O–H groups in total. The number of hydrogen-bond acceptors (Lipinski definition) is 2. The highest BCUT2D eigenvalue weighted by Crippen LogP contribution is 2.35. The van der Waals surface area contributed by atoms with Crippen LogP contribution in [0, 0.1) is 5.92 Å². The fraction of sp³-hybridized carbons (Fsp3) is 1.00. The third kappa shape index (κ3) is 3.39. The van der Waals surface area contributed by atoms with E-state index >= 15 is 0 Å². The second-order valence-corrected chi connectivity index (χ2v) is 5.21. The fourth-order valence-corrected chi connectivity index (χ4v) is 2.68. The van der Waals surface area contributed by atoms with Gasteiger partial charge in [-0.3, -0.25) is 4.90 Å². The first kappa shape index (κ1) is 12.2. The Labute approximate surface area is 96.4 Å². The van der Waals surface area contributed by atoms with Gasteiger partial charge in [0.1, 0.15) is 0 Å². The lowest BCUT2D eigenvalue weighted by molar-refractivity contribution is 0.108. The van der Waals surface area contributed by atoms with E-state index in [4.69, 9.17) is 0 Å². The lowest BCUT2D eigenvalue weighted by atomic mass is 10.0. The average Bonchev–Trinajstić information content (AvgIpc) is 3.09. The first-order valence-corrected chi connectivity index (χ1v) is 6.42. The van der Waals surface area contributed by atoms with Gasteiger partial charge in [-0.2, -0.15) is 0 Å². The molecule has 0 bridgehead atoms. The maximum Gasteiger partial charge on any atom is 0.250 e. The summed E-state index contributed by atoms with van der Waals surface area (Å²) in [7, 11) is 0. The number of rotatable bonds is 5. The van der Waals surface area contributed by atoms with E-state index in [0.29, 0.717) is 6.04 Å². The molecule has 2 aliphatic rings. The van der Waals surface area contributed by atoms with Crippen LogP contribution in [0.4, 0.5) is 8.78 Å². The van der Waals surface area contributed by atoms with Gasteiger partial charge in [0, 0.05) is 18.6 Å². The van der Waals surface area contributed by atoms with Crippen molar-refractivity contribution in [2.75, 3.05) is 19.6 Å². The molecular formula is C12H22F2N2. The summed E-state index contributed by atoms with van der Waals surface area (Å²) >= 11 is 0. The molecule has 0 amide bonds. The first-order valence-electron chi connectivity index (χ1n) is 6.42. The van der Waals surface area contributed by atoms with Crippen LogP contribution >= 0.6 is 0 Å². The molecule has 2 unspecified atom stereocenters. The molecule has 0 aromatic rings. The molecule has 94 valence electrons. The Morgan fingerprint density at radius 2 is 2.06 bits per heavy atom. The molecule has 1 saturated heterocycles. The van der Waals surface area contributed by atoms with E-state index in [1.165, 1.54) is 12.8 Å². The standard InChI is InChI=1S/C12H22F2N2/c1-9(10-4-5-10)16-6-2-3-11(8-16)15-7-12(13)14/h9-12,15H,2-8H2,1H3. The molecule has 0 aromatic carbocycles. The van der Waals surface area contributed by atoms with Gasteiger partial charge in [-0.15, -0.1) is 0 Å². The van der Waals surface area contributed by atoms with Gasteiger partial charge in [-0.1, -0.05) is 0 Å². The Hall–Kier alpha value is -0.220. The molecule has 0 radical (unpaired) electrons. The zero-order chi connectivity index (χ0) is 11.5. The minimum absolute atomic E-state index is 0.156. The van der Waals surface area contributed by atoms with Crippen molar-refractivity contribution in [3.8, 4) is 0 Å². The average molecular weight is 232 g/mol. The number of nitrogens with one attached hydrogen (secondary N) is 1. The Morgan fingerprint density at radius 3 is 2.69 bits per heavy atom. The number of hydrogen-bond donors (Lipinski definition) is 1. The monoisotopic (exact) mass is 232 g/mol. The summed E-state index contributed by atoms with van der Waals surface area (Å²) in [5, 5.41) is 2.97. The van der Waals surface area contributed by atoms with Gasteiger partial charge in [-0.05, 0) is 45.1 Å². The molecule has 2 atom stereocenters. The fourth-order valence-electron chi connectivity index (χ4n) is 2.68. The maximum atomic E-state index is 12.1. The molecule has 2 nitrogen and oxygen atoms in total. The van der Waals surface area contributed by atoms with E-state index in [1.54, 1.807) is 0 Å². The van der Waals surface area contributed by atoms with E-state index in [2.05, 4.69) is 17.1 Å². The molecule has 2 fully saturated rings. The molecule has 0 aromatic heterocycles. The first-order chi connectivity index (χ1) is 7.66. The van der Waals surface area contributed by atoms with Gasteiger partial charge in [0.15, 0.2) is 0 Å². The van der Waals surface area contributed by atoms with Crippen molar-refractivity contribution >= 4 is 0 Å². The molecule has 2 rings (SSSR count). The molecule has 4 heteroatoms. The minimum atomic E-state index is -2.23. The van der Waals surface area contributed by atoms with Crippen molar-refractivity contribution < 1.29 is 8.78 Å². The minimum Gasteiger partial charge on any atom is -0.307 e. The van der Waals surface area contributed by atoms with Crippen LogP contribution in [-0.4, -0.2) is 43.0 Å². The summed E-state index contributed by atoms with van der Waals surface area (Å²) in [6.45, 7) is 4.22. The van der Waals surface area contributed by atoms with Gasteiger partial charge in [0.2, 0.25) is 0 Å². The summed E-state index contributed by atoms with van der Waals surface area (Å²) in [6.07, 6.45) is 2.66. The topological polar surface area (TPSA) is 15.3 Å². The van der Waals surface area contributed by atoms with Crippen LogP contribution in [0.3, 0.4) is 0 Å². The summed E-state index contributed by atoms with van der Waals surface area (Å²) in [5.74, 6) is 0.869.